The molecule has 0 saturated carbocycles. The SMILES string of the molecule is CC(C)=Cc1c(C(=O)N2CCCCC2)cc(-c2nc(-c3ccc(Cl)cc3)cs2)c(=O)n1-c1cc(Cl)ccc1Cl. The minimum atomic E-state index is -0.334. The Bertz CT molecular complexity index is 1630. The van der Waals surface area contributed by atoms with Gasteiger partial charge in [-0.05, 0) is 75.6 Å². The second-order valence-electron chi connectivity index (χ2n) is 9.71. The van der Waals surface area contributed by atoms with Gasteiger partial charge < -0.3 is 4.90 Å². The fourth-order valence-electron chi connectivity index (χ4n) is 4.68. The van der Waals surface area contributed by atoms with E-state index in [9.17, 15) is 9.59 Å². The normalized spacial score (nSPS) is 13.4. The molecule has 0 aliphatic carbocycles. The Morgan fingerprint density at radius 2 is 1.64 bits per heavy atom. The molecule has 5 rings (SSSR count). The van der Waals surface area contributed by atoms with Gasteiger partial charge in [-0.25, -0.2) is 4.98 Å². The number of benzene rings is 2. The first-order valence-electron chi connectivity index (χ1n) is 12.6. The predicted octanol–water partition coefficient (Wildman–Crippen LogP) is 8.64. The lowest BCUT2D eigenvalue weighted by Crippen LogP contribution is -2.37. The third-order valence-corrected chi connectivity index (χ3v) is 8.24. The van der Waals surface area contributed by atoms with Crippen LogP contribution >= 0.6 is 46.1 Å². The molecule has 200 valence electrons. The third kappa shape index (κ3) is 5.85. The molecule has 9 heteroatoms. The fraction of sp³-hybridized carbons (Fsp3) is 0.233. The van der Waals surface area contributed by atoms with Gasteiger partial charge in [-0.15, -0.1) is 11.3 Å². The quantitative estimate of drug-likeness (QED) is 0.231. The number of amides is 1. The van der Waals surface area contributed by atoms with Gasteiger partial charge in [0.2, 0.25) is 0 Å². The Morgan fingerprint density at radius 1 is 0.949 bits per heavy atom. The molecule has 1 amide bonds. The number of halogens is 3. The van der Waals surface area contributed by atoms with Gasteiger partial charge in [0.25, 0.3) is 11.5 Å². The van der Waals surface area contributed by atoms with Crippen molar-refractivity contribution in [2.75, 3.05) is 13.1 Å². The molecule has 1 saturated heterocycles. The van der Waals surface area contributed by atoms with Crippen molar-refractivity contribution < 1.29 is 4.79 Å². The van der Waals surface area contributed by atoms with E-state index in [2.05, 4.69) is 0 Å². The standard InChI is InChI=1S/C30H26Cl3N3O2S/c1-18(2)14-26-22(29(37)35-12-4-3-5-13-35)16-23(30(38)36(26)27-15-21(32)10-11-24(27)33)28-34-25(17-39-28)19-6-8-20(31)9-7-19/h6-11,14-17H,3-5,12-13H2,1-2H3. The number of nitrogens with zero attached hydrogens (tertiary/aromatic N) is 3. The molecular weight excluding hydrogens is 573 g/mol. The molecule has 2 aromatic heterocycles. The fourth-order valence-corrected chi connectivity index (χ4v) is 6.02. The van der Waals surface area contributed by atoms with Crippen molar-refractivity contribution in [3.8, 4) is 27.5 Å². The monoisotopic (exact) mass is 597 g/mol. The van der Waals surface area contributed by atoms with Crippen LogP contribution in [0.1, 0.15) is 49.2 Å². The second kappa shape index (κ2) is 11.7. The summed E-state index contributed by atoms with van der Waals surface area (Å²) in [6, 6.07) is 14.0. The highest BCUT2D eigenvalue weighted by molar-refractivity contribution is 7.13. The van der Waals surface area contributed by atoms with E-state index in [0.29, 0.717) is 55.7 Å². The summed E-state index contributed by atoms with van der Waals surface area (Å²) in [6.07, 6.45) is 4.85. The number of pyridine rings is 1. The summed E-state index contributed by atoms with van der Waals surface area (Å²) in [4.78, 5) is 34.9. The summed E-state index contributed by atoms with van der Waals surface area (Å²) >= 11 is 20.4. The van der Waals surface area contributed by atoms with E-state index in [-0.39, 0.29) is 11.5 Å². The smallest absolute Gasteiger partial charge is 0.265 e. The van der Waals surface area contributed by atoms with Crippen molar-refractivity contribution in [3.63, 3.8) is 0 Å². The molecule has 5 nitrogen and oxygen atoms in total. The number of piperidine rings is 1. The lowest BCUT2D eigenvalue weighted by molar-refractivity contribution is 0.0723. The predicted molar refractivity (Wildman–Crippen MR) is 163 cm³/mol. The average molecular weight is 599 g/mol. The maximum Gasteiger partial charge on any atom is 0.265 e. The van der Waals surface area contributed by atoms with Gasteiger partial charge >= 0.3 is 0 Å². The number of rotatable bonds is 5. The lowest BCUT2D eigenvalue weighted by atomic mass is 10.0. The molecule has 1 fully saturated rings. The van der Waals surface area contributed by atoms with Gasteiger partial charge in [0.15, 0.2) is 0 Å². The molecule has 1 aliphatic rings. The Kier molecular flexibility index (Phi) is 8.29. The maximum absolute atomic E-state index is 14.2. The van der Waals surface area contributed by atoms with Crippen LogP contribution in [0.2, 0.25) is 15.1 Å². The zero-order valence-corrected chi connectivity index (χ0v) is 24.6. The van der Waals surface area contributed by atoms with Crippen LogP contribution in [0.5, 0.6) is 0 Å². The highest BCUT2D eigenvalue weighted by atomic mass is 35.5. The molecule has 0 atom stereocenters. The van der Waals surface area contributed by atoms with Crippen molar-refractivity contribution in [1.29, 1.82) is 0 Å². The number of hydrogen-bond donors (Lipinski definition) is 0. The van der Waals surface area contributed by atoms with Crippen LogP contribution in [0.3, 0.4) is 0 Å². The Morgan fingerprint density at radius 3 is 2.33 bits per heavy atom. The molecule has 39 heavy (non-hydrogen) atoms. The van der Waals surface area contributed by atoms with Gasteiger partial charge in [0, 0.05) is 34.1 Å². The molecule has 0 radical (unpaired) electrons. The van der Waals surface area contributed by atoms with E-state index in [1.807, 2.05) is 42.3 Å². The summed E-state index contributed by atoms with van der Waals surface area (Å²) in [6.45, 7) is 5.21. The summed E-state index contributed by atoms with van der Waals surface area (Å²) < 4.78 is 1.50. The number of carbonyl (C=O) groups is 1. The number of likely N-dealkylation sites (tertiary alicyclic amines) is 1. The Balaban J connectivity index is 1.78. The van der Waals surface area contributed by atoms with Crippen LogP contribution in [0.4, 0.5) is 0 Å². The van der Waals surface area contributed by atoms with Crippen LogP contribution in [-0.4, -0.2) is 33.4 Å². The lowest BCUT2D eigenvalue weighted by Gasteiger charge is -2.28. The summed E-state index contributed by atoms with van der Waals surface area (Å²) in [7, 11) is 0. The highest BCUT2D eigenvalue weighted by Crippen LogP contribution is 2.32. The van der Waals surface area contributed by atoms with Crippen LogP contribution in [0.15, 0.2) is 64.3 Å². The molecule has 0 spiro atoms. The zero-order chi connectivity index (χ0) is 27.7. The van der Waals surface area contributed by atoms with E-state index in [0.717, 1.165) is 36.1 Å². The van der Waals surface area contributed by atoms with E-state index >= 15 is 0 Å². The second-order valence-corrected chi connectivity index (χ2v) is 11.9. The average Bonchev–Trinajstić information content (AvgIpc) is 3.41. The van der Waals surface area contributed by atoms with Crippen molar-refractivity contribution in [3.05, 3.63) is 96.2 Å². The minimum Gasteiger partial charge on any atom is -0.339 e. The van der Waals surface area contributed by atoms with E-state index in [4.69, 9.17) is 39.8 Å². The Labute approximate surface area is 246 Å². The van der Waals surface area contributed by atoms with Gasteiger partial charge in [0.05, 0.1) is 33.2 Å². The number of aromatic nitrogens is 2. The molecular formula is C30H26Cl3N3O2S. The van der Waals surface area contributed by atoms with Crippen molar-refractivity contribution in [2.45, 2.75) is 33.1 Å². The first-order valence-corrected chi connectivity index (χ1v) is 14.7. The number of thiazole rings is 1. The minimum absolute atomic E-state index is 0.121. The molecule has 0 bridgehead atoms. The number of hydrogen-bond acceptors (Lipinski definition) is 4. The first kappa shape index (κ1) is 27.7. The van der Waals surface area contributed by atoms with Crippen molar-refractivity contribution in [1.82, 2.24) is 14.5 Å². The van der Waals surface area contributed by atoms with E-state index in [1.165, 1.54) is 15.9 Å². The molecule has 3 heterocycles. The summed E-state index contributed by atoms with van der Waals surface area (Å²) in [5, 5.41) is 3.81. The van der Waals surface area contributed by atoms with Crippen LogP contribution in [0.25, 0.3) is 33.6 Å². The number of carbonyl (C=O) groups excluding carboxylic acids is 1. The summed E-state index contributed by atoms with van der Waals surface area (Å²) in [5.74, 6) is -0.121. The number of allylic oxidation sites excluding steroid dienone is 1. The van der Waals surface area contributed by atoms with Crippen LogP contribution in [-0.2, 0) is 0 Å². The van der Waals surface area contributed by atoms with Crippen molar-refractivity contribution >= 4 is 58.1 Å². The summed E-state index contributed by atoms with van der Waals surface area (Å²) in [5.41, 5.74) is 3.82. The molecule has 0 N–H and O–H groups in total. The van der Waals surface area contributed by atoms with Gasteiger partial charge in [-0.2, -0.15) is 0 Å². The van der Waals surface area contributed by atoms with Crippen molar-refractivity contribution in [2.24, 2.45) is 0 Å². The van der Waals surface area contributed by atoms with E-state index < -0.39 is 0 Å². The first-order chi connectivity index (χ1) is 18.7. The molecule has 2 aromatic carbocycles. The third-order valence-electron chi connectivity index (χ3n) is 6.56. The molecule has 0 unspecified atom stereocenters. The van der Waals surface area contributed by atoms with Crippen LogP contribution < -0.4 is 5.56 Å². The molecule has 1 aliphatic heterocycles. The molecule has 4 aromatic rings. The van der Waals surface area contributed by atoms with Gasteiger partial charge in [-0.1, -0.05) is 52.5 Å². The Hall–Kier alpha value is -2.90. The van der Waals surface area contributed by atoms with Crippen LogP contribution in [0, 0.1) is 0 Å². The van der Waals surface area contributed by atoms with E-state index in [1.54, 1.807) is 36.4 Å². The van der Waals surface area contributed by atoms with Gasteiger partial charge in [0.1, 0.15) is 5.01 Å². The van der Waals surface area contributed by atoms with Gasteiger partial charge in [-0.3, -0.25) is 14.2 Å². The zero-order valence-electron chi connectivity index (χ0n) is 21.5. The maximum atomic E-state index is 14.2. The topological polar surface area (TPSA) is 55.2 Å². The highest BCUT2D eigenvalue weighted by Gasteiger charge is 2.27. The largest absolute Gasteiger partial charge is 0.339 e.